The summed E-state index contributed by atoms with van der Waals surface area (Å²) in [5.74, 6) is -0.771. The Morgan fingerprint density at radius 1 is 1.24 bits per heavy atom. The summed E-state index contributed by atoms with van der Waals surface area (Å²) in [6.07, 6.45) is 1.93. The van der Waals surface area contributed by atoms with Crippen molar-refractivity contribution in [2.45, 2.75) is 24.0 Å². The van der Waals surface area contributed by atoms with E-state index in [1.807, 2.05) is 27.9 Å². The van der Waals surface area contributed by atoms with Crippen LogP contribution in [0.15, 0.2) is 59.1 Å². The summed E-state index contributed by atoms with van der Waals surface area (Å²) in [6.45, 7) is 0.794. The second-order valence-corrected chi connectivity index (χ2v) is 8.68. The lowest BCUT2D eigenvalue weighted by Gasteiger charge is -2.21. The van der Waals surface area contributed by atoms with E-state index in [1.165, 1.54) is 18.0 Å². The van der Waals surface area contributed by atoms with Crippen LogP contribution in [0, 0.1) is 5.82 Å². The fourth-order valence-electron chi connectivity index (χ4n) is 3.39. The number of fused-ring (bicyclic) bond motifs is 2. The minimum Gasteiger partial charge on any atom is -0.331 e. The molecule has 0 spiro atoms. The van der Waals surface area contributed by atoms with E-state index in [0.717, 1.165) is 26.4 Å². The molecule has 9 heteroatoms. The summed E-state index contributed by atoms with van der Waals surface area (Å²) in [5.41, 5.74) is 10.9. The van der Waals surface area contributed by atoms with Crippen molar-refractivity contribution in [3.05, 3.63) is 76.8 Å². The third-order valence-corrected chi connectivity index (χ3v) is 6.51. The van der Waals surface area contributed by atoms with Crippen LogP contribution in [0.1, 0.15) is 22.9 Å². The summed E-state index contributed by atoms with van der Waals surface area (Å²) in [7, 11) is 0. The minimum atomic E-state index is -1.02. The number of halogens is 1. The van der Waals surface area contributed by atoms with E-state index in [1.54, 1.807) is 34.4 Å². The van der Waals surface area contributed by atoms with Gasteiger partial charge in [-0.25, -0.2) is 13.5 Å². The van der Waals surface area contributed by atoms with Crippen LogP contribution in [0.25, 0.3) is 10.2 Å². The third-order valence-electron chi connectivity index (χ3n) is 4.88. The van der Waals surface area contributed by atoms with Gasteiger partial charge in [0, 0.05) is 40.7 Å². The van der Waals surface area contributed by atoms with Crippen molar-refractivity contribution < 1.29 is 9.18 Å². The Hall–Kier alpha value is -2.75. The number of carbonyl (C=O) groups excluding carboxylic acids is 1. The quantitative estimate of drug-likeness (QED) is 0.539. The van der Waals surface area contributed by atoms with E-state index in [0.29, 0.717) is 13.1 Å². The number of rotatable bonds is 4. The number of carbonyl (C=O) groups is 1. The fourth-order valence-corrected chi connectivity index (χ4v) is 5.01. The molecule has 4 aromatic rings. The summed E-state index contributed by atoms with van der Waals surface area (Å²) in [6, 6.07) is 11.2. The van der Waals surface area contributed by atoms with Crippen molar-refractivity contribution in [2.24, 2.45) is 5.73 Å². The van der Waals surface area contributed by atoms with E-state index in [2.05, 4.69) is 16.1 Å². The number of hydrogen-bond acceptors (Lipinski definition) is 6. The van der Waals surface area contributed by atoms with Crippen LogP contribution in [0.3, 0.4) is 0 Å². The molecule has 1 atom stereocenters. The van der Waals surface area contributed by atoms with Crippen LogP contribution in [0.5, 0.6) is 0 Å². The van der Waals surface area contributed by atoms with E-state index in [-0.39, 0.29) is 11.5 Å². The highest BCUT2D eigenvalue weighted by atomic mass is 32.2. The van der Waals surface area contributed by atoms with E-state index >= 15 is 0 Å². The van der Waals surface area contributed by atoms with Crippen LogP contribution in [-0.2, 0) is 17.9 Å². The van der Waals surface area contributed by atoms with Gasteiger partial charge in [0.25, 0.3) is 0 Å². The molecule has 1 amide bonds. The average molecular weight is 426 g/mol. The molecule has 6 nitrogen and oxygen atoms in total. The summed E-state index contributed by atoms with van der Waals surface area (Å²) >= 11 is 3.12. The number of benzene rings is 2. The van der Waals surface area contributed by atoms with Gasteiger partial charge in [-0.1, -0.05) is 18.2 Å². The van der Waals surface area contributed by atoms with Crippen molar-refractivity contribution >= 4 is 39.4 Å². The first-order chi connectivity index (χ1) is 14.1. The molecule has 1 aliphatic heterocycles. The molecule has 5 rings (SSSR count). The van der Waals surface area contributed by atoms with Gasteiger partial charge in [-0.05, 0) is 24.3 Å². The molecule has 1 aliphatic rings. The normalized spacial score (nSPS) is 14.3. The zero-order valence-corrected chi connectivity index (χ0v) is 16.8. The number of nitrogens with zero attached hydrogens (tertiary/aromatic N) is 4. The summed E-state index contributed by atoms with van der Waals surface area (Å²) in [5, 5.41) is 4.59. The number of nitrogens with two attached hydrogens (primary N) is 1. The van der Waals surface area contributed by atoms with Crippen molar-refractivity contribution in [1.82, 2.24) is 19.1 Å². The van der Waals surface area contributed by atoms with Crippen molar-refractivity contribution in [2.75, 3.05) is 0 Å². The molecule has 2 N–H and O–H groups in total. The fraction of sp³-hybridized carbons (Fsp3) is 0.150. The van der Waals surface area contributed by atoms with Crippen molar-refractivity contribution in [1.29, 1.82) is 0 Å². The van der Waals surface area contributed by atoms with Crippen LogP contribution in [-0.4, -0.2) is 25.0 Å². The topological polar surface area (TPSA) is 77.0 Å². The van der Waals surface area contributed by atoms with E-state index in [4.69, 9.17) is 5.73 Å². The Morgan fingerprint density at radius 3 is 2.93 bits per heavy atom. The molecule has 1 unspecified atom stereocenters. The molecular formula is C20H16FN5OS2. The van der Waals surface area contributed by atoms with Gasteiger partial charge in [0.1, 0.15) is 11.9 Å². The Bertz CT molecular complexity index is 1200. The average Bonchev–Trinajstić information content (AvgIpc) is 3.41. The highest BCUT2D eigenvalue weighted by Gasteiger charge is 2.31. The second-order valence-electron chi connectivity index (χ2n) is 6.77. The predicted molar refractivity (Wildman–Crippen MR) is 111 cm³/mol. The van der Waals surface area contributed by atoms with Crippen molar-refractivity contribution in [3.8, 4) is 0 Å². The van der Waals surface area contributed by atoms with Crippen LogP contribution < -0.4 is 5.73 Å². The zero-order valence-electron chi connectivity index (χ0n) is 15.2. The van der Waals surface area contributed by atoms with Gasteiger partial charge >= 0.3 is 0 Å². The van der Waals surface area contributed by atoms with Crippen molar-refractivity contribution in [3.63, 3.8) is 0 Å². The maximum absolute atomic E-state index is 14.0. The number of amides is 1. The Balaban J connectivity index is 1.29. The van der Waals surface area contributed by atoms with Gasteiger partial charge in [-0.2, -0.15) is 5.10 Å². The third kappa shape index (κ3) is 3.41. The highest BCUT2D eigenvalue weighted by Crippen LogP contribution is 2.30. The molecule has 29 heavy (non-hydrogen) atoms. The number of hydrogen-bond donors (Lipinski definition) is 1. The van der Waals surface area contributed by atoms with Crippen LogP contribution in [0.2, 0.25) is 0 Å². The molecular weight excluding hydrogens is 409 g/mol. The maximum Gasteiger partial charge on any atom is 0.244 e. The molecule has 0 radical (unpaired) electrons. The van der Waals surface area contributed by atoms with Gasteiger partial charge in [-0.3, -0.25) is 4.79 Å². The lowest BCUT2D eigenvalue weighted by atomic mass is 10.1. The Morgan fingerprint density at radius 2 is 2.10 bits per heavy atom. The molecule has 146 valence electrons. The summed E-state index contributed by atoms with van der Waals surface area (Å²) < 4.78 is 16.9. The standard InChI is InChI=1S/C20H16FN5OS2/c21-15-4-2-1-3-14(15)19(22)20(27)25-8-12-9-26(24-17(12)10-25)29-13-5-6-16-18(7-13)28-11-23-16/h1-7,9,11,19H,8,10,22H2. The molecule has 0 fully saturated rings. The number of aromatic nitrogens is 3. The minimum absolute atomic E-state index is 0.209. The number of thiazole rings is 1. The first-order valence-electron chi connectivity index (χ1n) is 8.96. The highest BCUT2D eigenvalue weighted by molar-refractivity contribution is 7.97. The Kier molecular flexibility index (Phi) is 4.57. The second kappa shape index (κ2) is 7.25. The molecule has 2 aromatic carbocycles. The lowest BCUT2D eigenvalue weighted by Crippen LogP contribution is -2.35. The van der Waals surface area contributed by atoms with Gasteiger partial charge < -0.3 is 10.6 Å². The molecule has 0 saturated carbocycles. The predicted octanol–water partition coefficient (Wildman–Crippen LogP) is 3.73. The summed E-state index contributed by atoms with van der Waals surface area (Å²) in [4.78, 5) is 19.7. The molecule has 0 saturated heterocycles. The SMILES string of the molecule is NC(C(=O)N1Cc2cn(Sc3ccc4ncsc4c3)nc2C1)c1ccccc1F. The van der Waals surface area contributed by atoms with Crippen LogP contribution >= 0.6 is 23.3 Å². The van der Waals surface area contributed by atoms with Gasteiger partial charge in [0.05, 0.1) is 28.0 Å². The first-order valence-corrected chi connectivity index (χ1v) is 10.6. The first kappa shape index (κ1) is 18.3. The molecule has 2 aromatic heterocycles. The maximum atomic E-state index is 14.0. The monoisotopic (exact) mass is 425 g/mol. The van der Waals surface area contributed by atoms with E-state index < -0.39 is 11.9 Å². The van der Waals surface area contributed by atoms with E-state index in [9.17, 15) is 9.18 Å². The van der Waals surface area contributed by atoms with Gasteiger partial charge in [-0.15, -0.1) is 11.3 Å². The van der Waals surface area contributed by atoms with Crippen LogP contribution in [0.4, 0.5) is 4.39 Å². The molecule has 0 aliphatic carbocycles. The smallest absolute Gasteiger partial charge is 0.244 e. The zero-order chi connectivity index (χ0) is 20.0. The molecule has 3 heterocycles. The lowest BCUT2D eigenvalue weighted by molar-refractivity contribution is -0.133. The largest absolute Gasteiger partial charge is 0.331 e. The molecule has 0 bridgehead atoms. The Labute approximate surface area is 174 Å². The van der Waals surface area contributed by atoms with Gasteiger partial charge in [0.2, 0.25) is 5.91 Å². The van der Waals surface area contributed by atoms with Gasteiger partial charge in [0.15, 0.2) is 0 Å².